The predicted molar refractivity (Wildman–Crippen MR) is 108 cm³/mol. The molecule has 0 radical (unpaired) electrons. The first-order valence-corrected chi connectivity index (χ1v) is 9.93. The Morgan fingerprint density at radius 2 is 2.00 bits per heavy atom. The number of ether oxygens (including phenoxy) is 1. The van der Waals surface area contributed by atoms with Gasteiger partial charge in [0.05, 0.1) is 24.8 Å². The summed E-state index contributed by atoms with van der Waals surface area (Å²) in [4.78, 5) is 18.5. The molecule has 0 aliphatic carbocycles. The van der Waals surface area contributed by atoms with Crippen LogP contribution in [0.1, 0.15) is 29.6 Å². The SMILES string of the molecule is O=C(Nc1ccccc1F)N1CCC(c2nc(CCOCc3ccccc3)no2)C1. The Morgan fingerprint density at radius 1 is 1.20 bits per heavy atom. The van der Waals surface area contributed by atoms with E-state index in [1.54, 1.807) is 17.0 Å². The number of rotatable bonds is 7. The van der Waals surface area contributed by atoms with Gasteiger partial charge in [0.25, 0.3) is 0 Å². The summed E-state index contributed by atoms with van der Waals surface area (Å²) in [6.07, 6.45) is 1.28. The molecule has 0 saturated carbocycles. The van der Waals surface area contributed by atoms with E-state index in [-0.39, 0.29) is 17.6 Å². The fraction of sp³-hybridized carbons (Fsp3) is 0.318. The Balaban J connectivity index is 1.24. The molecule has 0 bridgehead atoms. The summed E-state index contributed by atoms with van der Waals surface area (Å²) in [7, 11) is 0. The number of para-hydroxylation sites is 1. The van der Waals surface area contributed by atoms with Crippen LogP contribution in [-0.2, 0) is 17.8 Å². The molecule has 1 unspecified atom stereocenters. The molecule has 156 valence electrons. The number of carbonyl (C=O) groups is 1. The number of carbonyl (C=O) groups excluding carboxylic acids is 1. The van der Waals surface area contributed by atoms with Crippen LogP contribution in [0.2, 0.25) is 0 Å². The van der Waals surface area contributed by atoms with Gasteiger partial charge in [0.2, 0.25) is 5.89 Å². The first kappa shape index (κ1) is 20.0. The molecule has 30 heavy (non-hydrogen) atoms. The molecule has 1 aliphatic rings. The third-order valence-electron chi connectivity index (χ3n) is 5.01. The lowest BCUT2D eigenvalue weighted by atomic mass is 10.1. The topological polar surface area (TPSA) is 80.5 Å². The van der Waals surface area contributed by atoms with Gasteiger partial charge >= 0.3 is 6.03 Å². The van der Waals surface area contributed by atoms with Crippen LogP contribution in [0, 0.1) is 5.82 Å². The number of urea groups is 1. The van der Waals surface area contributed by atoms with E-state index in [2.05, 4.69) is 15.5 Å². The standard InChI is InChI=1S/C22H23FN4O3/c23-18-8-4-5-9-19(18)24-22(28)27-12-10-17(14-27)21-25-20(26-30-21)11-13-29-15-16-6-2-1-3-7-16/h1-9,17H,10-15H2,(H,24,28). The molecule has 2 heterocycles. The second-order valence-corrected chi connectivity index (χ2v) is 7.18. The molecule has 1 aliphatic heterocycles. The van der Waals surface area contributed by atoms with Gasteiger partial charge in [-0.1, -0.05) is 47.6 Å². The monoisotopic (exact) mass is 410 g/mol. The van der Waals surface area contributed by atoms with Crippen molar-refractivity contribution in [2.75, 3.05) is 25.0 Å². The quantitative estimate of drug-likeness (QED) is 0.596. The molecule has 2 amide bonds. The summed E-state index contributed by atoms with van der Waals surface area (Å²) >= 11 is 0. The van der Waals surface area contributed by atoms with Crippen LogP contribution in [0.25, 0.3) is 0 Å². The number of aromatic nitrogens is 2. The number of amides is 2. The summed E-state index contributed by atoms with van der Waals surface area (Å²) in [6.45, 7) is 2.03. The zero-order chi connectivity index (χ0) is 20.8. The van der Waals surface area contributed by atoms with E-state index < -0.39 is 5.82 Å². The van der Waals surface area contributed by atoms with Crippen molar-refractivity contribution in [3.05, 3.63) is 77.7 Å². The Kier molecular flexibility index (Phi) is 6.34. The molecule has 8 heteroatoms. The fourth-order valence-electron chi connectivity index (χ4n) is 3.37. The smallest absolute Gasteiger partial charge is 0.321 e. The largest absolute Gasteiger partial charge is 0.376 e. The zero-order valence-electron chi connectivity index (χ0n) is 16.5. The minimum Gasteiger partial charge on any atom is -0.376 e. The van der Waals surface area contributed by atoms with E-state index in [1.807, 2.05) is 30.3 Å². The Morgan fingerprint density at radius 3 is 2.83 bits per heavy atom. The van der Waals surface area contributed by atoms with E-state index >= 15 is 0 Å². The average Bonchev–Trinajstić information content (AvgIpc) is 3.43. The van der Waals surface area contributed by atoms with Crippen molar-refractivity contribution in [1.29, 1.82) is 0 Å². The van der Waals surface area contributed by atoms with Crippen LogP contribution in [0.3, 0.4) is 0 Å². The van der Waals surface area contributed by atoms with Gasteiger partial charge in [0.15, 0.2) is 5.82 Å². The summed E-state index contributed by atoms with van der Waals surface area (Å²) in [6, 6.07) is 15.7. The highest BCUT2D eigenvalue weighted by Crippen LogP contribution is 2.26. The van der Waals surface area contributed by atoms with Gasteiger partial charge < -0.3 is 19.5 Å². The van der Waals surface area contributed by atoms with Gasteiger partial charge in [-0.25, -0.2) is 9.18 Å². The molecule has 1 fully saturated rings. The number of hydrogen-bond donors (Lipinski definition) is 1. The highest BCUT2D eigenvalue weighted by atomic mass is 19.1. The second kappa shape index (κ2) is 9.49. The molecule has 0 spiro atoms. The highest BCUT2D eigenvalue weighted by molar-refractivity contribution is 5.89. The number of nitrogens with zero attached hydrogens (tertiary/aromatic N) is 3. The van der Waals surface area contributed by atoms with Crippen molar-refractivity contribution < 1.29 is 18.4 Å². The van der Waals surface area contributed by atoms with E-state index in [0.29, 0.717) is 44.4 Å². The third-order valence-corrected chi connectivity index (χ3v) is 5.01. The van der Waals surface area contributed by atoms with Crippen molar-refractivity contribution in [2.45, 2.75) is 25.4 Å². The van der Waals surface area contributed by atoms with Crippen LogP contribution in [0.15, 0.2) is 59.1 Å². The third kappa shape index (κ3) is 5.01. The van der Waals surface area contributed by atoms with E-state index in [1.165, 1.54) is 12.1 Å². The van der Waals surface area contributed by atoms with Gasteiger partial charge in [-0.15, -0.1) is 0 Å². The Bertz CT molecular complexity index is 979. The zero-order valence-corrected chi connectivity index (χ0v) is 16.5. The highest BCUT2D eigenvalue weighted by Gasteiger charge is 2.31. The van der Waals surface area contributed by atoms with Crippen molar-refractivity contribution in [1.82, 2.24) is 15.0 Å². The summed E-state index contributed by atoms with van der Waals surface area (Å²) in [5.74, 6) is 0.627. The molecule has 3 aromatic rings. The molecular formula is C22H23FN4O3. The number of hydrogen-bond acceptors (Lipinski definition) is 5. The van der Waals surface area contributed by atoms with Gasteiger partial charge in [-0.2, -0.15) is 4.98 Å². The molecule has 2 aromatic carbocycles. The maximum Gasteiger partial charge on any atom is 0.321 e. The van der Waals surface area contributed by atoms with Crippen LogP contribution in [0.5, 0.6) is 0 Å². The van der Waals surface area contributed by atoms with Crippen molar-refractivity contribution >= 4 is 11.7 Å². The molecule has 7 nitrogen and oxygen atoms in total. The van der Waals surface area contributed by atoms with Crippen molar-refractivity contribution in [2.24, 2.45) is 0 Å². The van der Waals surface area contributed by atoms with Crippen molar-refractivity contribution in [3.63, 3.8) is 0 Å². The number of halogens is 1. The molecule has 1 atom stereocenters. The van der Waals surface area contributed by atoms with Crippen LogP contribution in [0.4, 0.5) is 14.9 Å². The lowest BCUT2D eigenvalue weighted by Gasteiger charge is -2.17. The first-order valence-electron chi connectivity index (χ1n) is 9.93. The lowest BCUT2D eigenvalue weighted by molar-refractivity contribution is 0.122. The van der Waals surface area contributed by atoms with Gasteiger partial charge in [-0.3, -0.25) is 0 Å². The van der Waals surface area contributed by atoms with Gasteiger partial charge in [0, 0.05) is 19.5 Å². The number of nitrogens with one attached hydrogen (secondary N) is 1. The molecule has 1 aromatic heterocycles. The number of likely N-dealkylation sites (tertiary alicyclic amines) is 1. The fourth-order valence-corrected chi connectivity index (χ4v) is 3.37. The van der Waals surface area contributed by atoms with E-state index in [9.17, 15) is 9.18 Å². The Labute approximate surface area is 173 Å². The molecule has 1 saturated heterocycles. The predicted octanol–water partition coefficient (Wildman–Crippen LogP) is 3.99. The molecule has 1 N–H and O–H groups in total. The molecule has 4 rings (SSSR count). The normalized spacial score (nSPS) is 16.0. The average molecular weight is 410 g/mol. The first-order chi connectivity index (χ1) is 14.7. The van der Waals surface area contributed by atoms with E-state index in [4.69, 9.17) is 9.26 Å². The number of benzene rings is 2. The lowest BCUT2D eigenvalue weighted by Crippen LogP contribution is -2.33. The van der Waals surface area contributed by atoms with Crippen LogP contribution >= 0.6 is 0 Å². The minimum absolute atomic E-state index is 0.0251. The maximum absolute atomic E-state index is 13.7. The van der Waals surface area contributed by atoms with Crippen molar-refractivity contribution in [3.8, 4) is 0 Å². The van der Waals surface area contributed by atoms with Gasteiger partial charge in [0.1, 0.15) is 5.82 Å². The summed E-state index contributed by atoms with van der Waals surface area (Å²) in [5.41, 5.74) is 1.28. The minimum atomic E-state index is -0.461. The molecular weight excluding hydrogens is 387 g/mol. The van der Waals surface area contributed by atoms with Crippen LogP contribution in [-0.4, -0.2) is 40.8 Å². The second-order valence-electron chi connectivity index (χ2n) is 7.18. The maximum atomic E-state index is 13.7. The summed E-state index contributed by atoms with van der Waals surface area (Å²) in [5, 5.41) is 6.63. The summed E-state index contributed by atoms with van der Waals surface area (Å²) < 4.78 is 24.8. The number of anilines is 1. The van der Waals surface area contributed by atoms with E-state index in [0.717, 1.165) is 12.0 Å². The Hall–Kier alpha value is -3.26. The van der Waals surface area contributed by atoms with Gasteiger partial charge in [-0.05, 0) is 24.1 Å². The van der Waals surface area contributed by atoms with Crippen LogP contribution < -0.4 is 5.32 Å².